The number of amides is 1. The van der Waals surface area contributed by atoms with Crippen molar-refractivity contribution in [3.8, 4) is 5.75 Å². The predicted octanol–water partition coefficient (Wildman–Crippen LogP) is 4.84. The highest BCUT2D eigenvalue weighted by Gasteiger charge is 2.46. The molecule has 2 aromatic rings. The van der Waals surface area contributed by atoms with E-state index >= 15 is 4.39 Å². The van der Waals surface area contributed by atoms with E-state index in [1.807, 2.05) is 13.8 Å². The minimum absolute atomic E-state index is 0.0579. The summed E-state index contributed by atoms with van der Waals surface area (Å²) in [6.07, 6.45) is 0.512. The van der Waals surface area contributed by atoms with Crippen LogP contribution in [-0.2, 0) is 23.4 Å². The van der Waals surface area contributed by atoms with Crippen molar-refractivity contribution >= 4 is 37.2 Å². The summed E-state index contributed by atoms with van der Waals surface area (Å²) in [5.41, 5.74) is -0.809. The molecule has 1 fully saturated rings. The number of anilines is 1. The fraction of sp³-hybridized carbons (Fsp3) is 0.586. The molecule has 15 heteroatoms. The molecule has 0 bridgehead atoms. The van der Waals surface area contributed by atoms with E-state index in [-0.39, 0.29) is 23.4 Å². The maximum absolute atomic E-state index is 15.3. The van der Waals surface area contributed by atoms with Crippen molar-refractivity contribution < 1.29 is 37.4 Å². The highest BCUT2D eigenvalue weighted by Crippen LogP contribution is 2.49. The SMILES string of the molecule is CCCC(CCC)C(=O)Nc1ccn([C@@H]2S[C@H](CO[P@@](=O)(N[C@@H](C)C(=O)OC(C)C)Oc3ccccc3)[C@@H](O)[C@@H]2F)c(=O)n1. The van der Waals surface area contributed by atoms with Crippen molar-refractivity contribution in [1.29, 1.82) is 0 Å². The number of aliphatic hydroxyl groups is 1. The second kappa shape index (κ2) is 16.5. The first-order valence-electron chi connectivity index (χ1n) is 14.7. The number of hydrogen-bond acceptors (Lipinski definition) is 10. The number of para-hydroxylation sites is 1. The van der Waals surface area contributed by atoms with Crippen LogP contribution in [0.15, 0.2) is 47.4 Å². The van der Waals surface area contributed by atoms with Gasteiger partial charge in [0, 0.05) is 12.1 Å². The number of esters is 1. The molecule has 0 unspecified atom stereocenters. The number of ether oxygens (including phenoxy) is 1. The lowest BCUT2D eigenvalue weighted by Gasteiger charge is -2.25. The van der Waals surface area contributed by atoms with Crippen LogP contribution in [0.25, 0.3) is 0 Å². The number of carbonyl (C=O) groups is 2. The average molecular weight is 657 g/mol. The Bertz CT molecular complexity index is 1340. The monoisotopic (exact) mass is 656 g/mol. The van der Waals surface area contributed by atoms with Crippen LogP contribution in [0.2, 0.25) is 0 Å². The van der Waals surface area contributed by atoms with Gasteiger partial charge in [0.15, 0.2) is 6.17 Å². The van der Waals surface area contributed by atoms with Gasteiger partial charge in [-0.25, -0.2) is 13.8 Å². The second-order valence-corrected chi connectivity index (χ2v) is 13.9. The minimum Gasteiger partial charge on any atom is -0.462 e. The molecule has 1 aromatic heterocycles. The smallest absolute Gasteiger partial charge is 0.459 e. The predicted molar refractivity (Wildman–Crippen MR) is 166 cm³/mol. The number of nitrogens with zero attached hydrogens (tertiary/aromatic N) is 2. The van der Waals surface area contributed by atoms with Gasteiger partial charge in [-0.15, -0.1) is 11.8 Å². The molecule has 3 N–H and O–H groups in total. The zero-order chi connectivity index (χ0) is 32.4. The molecule has 0 aliphatic carbocycles. The first-order valence-corrected chi connectivity index (χ1v) is 17.2. The molecule has 0 radical (unpaired) electrons. The lowest BCUT2D eigenvalue weighted by Crippen LogP contribution is -2.37. The summed E-state index contributed by atoms with van der Waals surface area (Å²) >= 11 is 0.902. The number of benzene rings is 1. The standard InChI is InChI=1S/C29H42FN4O8PS/c1-6-11-20(12-7-2)26(36)31-23-15-16-34(29(38)32-23)27-24(30)25(35)22(44-27)17-40-43(39,42-21-13-9-8-10-14-21)33-19(5)28(37)41-18(3)4/h8-10,13-16,18-20,22,24-25,27,35H,6-7,11-12,17H2,1-5H3,(H,33,39)(H,31,32,36,38)/t19-,22+,24-,25+,27+,43-/m0/s1. The maximum atomic E-state index is 15.3. The van der Waals surface area contributed by atoms with E-state index in [4.69, 9.17) is 13.8 Å². The third-order valence-corrected chi connectivity index (χ3v) is 9.90. The van der Waals surface area contributed by atoms with Crippen LogP contribution < -0.4 is 20.6 Å². The molecule has 1 saturated heterocycles. The normalized spacial score (nSPS) is 22.0. The number of nitrogens with one attached hydrogen (secondary N) is 2. The molecule has 1 aromatic carbocycles. The van der Waals surface area contributed by atoms with E-state index in [1.165, 1.54) is 19.2 Å². The Morgan fingerprint density at radius 2 is 1.80 bits per heavy atom. The Balaban J connectivity index is 1.72. The number of aliphatic hydroxyl groups excluding tert-OH is 1. The van der Waals surface area contributed by atoms with Crippen molar-refractivity contribution in [3.05, 3.63) is 53.1 Å². The van der Waals surface area contributed by atoms with Gasteiger partial charge in [-0.05, 0) is 51.8 Å². The first-order chi connectivity index (χ1) is 20.9. The molecule has 44 heavy (non-hydrogen) atoms. The van der Waals surface area contributed by atoms with Crippen molar-refractivity contribution in [2.24, 2.45) is 5.92 Å². The number of aromatic nitrogens is 2. The van der Waals surface area contributed by atoms with Gasteiger partial charge in [-0.1, -0.05) is 44.9 Å². The third-order valence-electron chi connectivity index (χ3n) is 6.73. The third kappa shape index (κ3) is 9.87. The molecule has 12 nitrogen and oxygen atoms in total. The minimum atomic E-state index is -4.25. The van der Waals surface area contributed by atoms with Crippen LogP contribution in [0.3, 0.4) is 0 Å². The number of hydrogen-bond donors (Lipinski definition) is 3. The van der Waals surface area contributed by atoms with Crippen LogP contribution in [0.5, 0.6) is 5.75 Å². The highest BCUT2D eigenvalue weighted by molar-refractivity contribution is 8.00. The van der Waals surface area contributed by atoms with Gasteiger partial charge in [-0.3, -0.25) is 18.7 Å². The van der Waals surface area contributed by atoms with Gasteiger partial charge in [0.2, 0.25) is 5.91 Å². The van der Waals surface area contributed by atoms with Gasteiger partial charge >= 0.3 is 19.4 Å². The summed E-state index contributed by atoms with van der Waals surface area (Å²) in [5.74, 6) is -0.868. The van der Waals surface area contributed by atoms with E-state index in [2.05, 4.69) is 15.4 Å². The van der Waals surface area contributed by atoms with Gasteiger partial charge in [-0.2, -0.15) is 10.1 Å². The molecule has 1 aliphatic heterocycles. The zero-order valence-electron chi connectivity index (χ0n) is 25.6. The van der Waals surface area contributed by atoms with Crippen LogP contribution in [0.1, 0.15) is 65.7 Å². The Labute approximate surface area is 261 Å². The number of carbonyl (C=O) groups excluding carboxylic acids is 2. The molecule has 6 atom stereocenters. The number of rotatable bonds is 16. The van der Waals surface area contributed by atoms with Crippen LogP contribution in [-0.4, -0.2) is 62.8 Å². The average Bonchev–Trinajstić information content (AvgIpc) is 3.24. The molecule has 244 valence electrons. The van der Waals surface area contributed by atoms with E-state index < -0.39 is 61.1 Å². The van der Waals surface area contributed by atoms with Crippen molar-refractivity contribution in [1.82, 2.24) is 14.6 Å². The lowest BCUT2D eigenvalue weighted by molar-refractivity contribution is -0.149. The number of alkyl halides is 1. The van der Waals surface area contributed by atoms with Gasteiger partial charge in [0.25, 0.3) is 0 Å². The van der Waals surface area contributed by atoms with Gasteiger partial charge in [0.05, 0.1) is 18.0 Å². The van der Waals surface area contributed by atoms with Gasteiger partial charge in [0.1, 0.15) is 29.1 Å². The fourth-order valence-corrected chi connectivity index (χ4v) is 7.61. The van der Waals surface area contributed by atoms with Crippen molar-refractivity contribution in [2.75, 3.05) is 11.9 Å². The summed E-state index contributed by atoms with van der Waals surface area (Å²) in [7, 11) is -4.25. The Morgan fingerprint density at radius 3 is 2.39 bits per heavy atom. The topological polar surface area (TPSA) is 158 Å². The summed E-state index contributed by atoms with van der Waals surface area (Å²) < 4.78 is 46.5. The van der Waals surface area contributed by atoms with E-state index in [9.17, 15) is 24.1 Å². The largest absolute Gasteiger partial charge is 0.462 e. The fourth-order valence-electron chi connectivity index (χ4n) is 4.58. The summed E-state index contributed by atoms with van der Waals surface area (Å²) in [4.78, 5) is 41.8. The van der Waals surface area contributed by atoms with Crippen molar-refractivity contribution in [3.63, 3.8) is 0 Å². The quantitative estimate of drug-likeness (QED) is 0.168. The summed E-state index contributed by atoms with van der Waals surface area (Å²) in [5, 5.41) is 13.8. The number of thioether (sulfide) groups is 1. The Kier molecular flexibility index (Phi) is 13.4. The zero-order valence-corrected chi connectivity index (χ0v) is 27.3. The lowest BCUT2D eigenvalue weighted by atomic mass is 9.97. The van der Waals surface area contributed by atoms with Crippen molar-refractivity contribution in [2.45, 2.75) is 95.3 Å². The number of halogens is 1. The molecule has 2 heterocycles. The molecule has 0 saturated carbocycles. The Morgan fingerprint density at radius 1 is 1.14 bits per heavy atom. The van der Waals surface area contributed by atoms with E-state index in [1.54, 1.807) is 44.2 Å². The molecular formula is C29H42FN4O8PS. The molecule has 1 aliphatic rings. The molecular weight excluding hydrogens is 614 g/mol. The van der Waals surface area contributed by atoms with E-state index in [0.29, 0.717) is 12.8 Å². The molecule has 0 spiro atoms. The molecule has 1 amide bonds. The summed E-state index contributed by atoms with van der Waals surface area (Å²) in [6, 6.07) is 8.44. The van der Waals surface area contributed by atoms with Gasteiger partial charge < -0.3 is 19.7 Å². The molecule has 3 rings (SSSR count). The first kappa shape index (κ1) is 35.7. The van der Waals surface area contributed by atoms with Crippen LogP contribution >= 0.6 is 19.5 Å². The Hall–Kier alpha value is -2.77. The highest BCUT2D eigenvalue weighted by atomic mass is 32.2. The van der Waals surface area contributed by atoms with Crippen LogP contribution in [0, 0.1) is 5.92 Å². The van der Waals surface area contributed by atoms with Crippen LogP contribution in [0.4, 0.5) is 10.2 Å². The second-order valence-electron chi connectivity index (χ2n) is 10.8. The van der Waals surface area contributed by atoms with E-state index in [0.717, 1.165) is 29.2 Å². The summed E-state index contributed by atoms with van der Waals surface area (Å²) in [6.45, 7) is 8.31. The maximum Gasteiger partial charge on any atom is 0.459 e.